The van der Waals surface area contributed by atoms with E-state index in [4.69, 9.17) is 10.5 Å². The van der Waals surface area contributed by atoms with E-state index < -0.39 is 0 Å². The molecule has 0 bridgehead atoms. The molecule has 16 heavy (non-hydrogen) atoms. The van der Waals surface area contributed by atoms with Crippen LogP contribution in [0.5, 0.6) is 5.75 Å². The molecule has 2 rings (SSSR count). The van der Waals surface area contributed by atoms with Crippen LogP contribution >= 0.6 is 0 Å². The molecule has 0 spiro atoms. The fourth-order valence-electron chi connectivity index (χ4n) is 2.77. The Balaban J connectivity index is 2.30. The predicted octanol–water partition coefficient (Wildman–Crippen LogP) is 3.06. The highest BCUT2D eigenvalue weighted by molar-refractivity contribution is 5.34. The average molecular weight is 219 g/mol. The number of ether oxygens (including phenoxy) is 1. The molecule has 1 unspecified atom stereocenters. The summed E-state index contributed by atoms with van der Waals surface area (Å²) in [6, 6.07) is 8.17. The van der Waals surface area contributed by atoms with Gasteiger partial charge in [-0.3, -0.25) is 0 Å². The zero-order valence-electron chi connectivity index (χ0n) is 10.4. The van der Waals surface area contributed by atoms with E-state index in [0.29, 0.717) is 5.41 Å². The summed E-state index contributed by atoms with van der Waals surface area (Å²) in [5, 5.41) is 0. The Morgan fingerprint density at radius 3 is 2.56 bits per heavy atom. The number of methoxy groups -OCH3 is 1. The molecule has 1 aliphatic rings. The Labute approximate surface area is 97.8 Å². The van der Waals surface area contributed by atoms with Gasteiger partial charge < -0.3 is 10.5 Å². The smallest absolute Gasteiger partial charge is 0.119 e. The van der Waals surface area contributed by atoms with Crippen LogP contribution in [-0.2, 0) is 5.54 Å². The fourth-order valence-corrected chi connectivity index (χ4v) is 2.77. The molecular formula is C14H21NO. The van der Waals surface area contributed by atoms with Crippen LogP contribution in [0.25, 0.3) is 0 Å². The maximum Gasteiger partial charge on any atom is 0.119 e. The van der Waals surface area contributed by atoms with Crippen molar-refractivity contribution in [2.45, 2.75) is 38.6 Å². The van der Waals surface area contributed by atoms with Gasteiger partial charge in [-0.25, -0.2) is 0 Å². The van der Waals surface area contributed by atoms with Gasteiger partial charge >= 0.3 is 0 Å². The van der Waals surface area contributed by atoms with Gasteiger partial charge in [-0.15, -0.1) is 0 Å². The molecule has 0 aliphatic heterocycles. The van der Waals surface area contributed by atoms with Crippen molar-refractivity contribution in [3.05, 3.63) is 29.8 Å². The van der Waals surface area contributed by atoms with Crippen LogP contribution in [0.15, 0.2) is 24.3 Å². The predicted molar refractivity (Wildman–Crippen MR) is 66.5 cm³/mol. The summed E-state index contributed by atoms with van der Waals surface area (Å²) in [6.45, 7) is 4.59. The first-order valence-electron chi connectivity index (χ1n) is 5.89. The second-order valence-corrected chi connectivity index (χ2v) is 5.73. The maximum absolute atomic E-state index is 6.52. The summed E-state index contributed by atoms with van der Waals surface area (Å²) in [5.41, 5.74) is 7.92. The molecule has 0 aromatic heterocycles. The van der Waals surface area contributed by atoms with Gasteiger partial charge in [-0.05, 0) is 42.4 Å². The maximum atomic E-state index is 6.52. The van der Waals surface area contributed by atoms with Crippen molar-refractivity contribution in [3.8, 4) is 5.75 Å². The second kappa shape index (κ2) is 3.77. The Morgan fingerprint density at radius 2 is 2.00 bits per heavy atom. The fraction of sp³-hybridized carbons (Fsp3) is 0.571. The number of benzene rings is 1. The molecule has 88 valence electrons. The van der Waals surface area contributed by atoms with Crippen LogP contribution in [0.1, 0.15) is 38.7 Å². The minimum Gasteiger partial charge on any atom is -0.497 e. The van der Waals surface area contributed by atoms with Gasteiger partial charge in [0, 0.05) is 5.54 Å². The quantitative estimate of drug-likeness (QED) is 0.829. The van der Waals surface area contributed by atoms with E-state index in [1.165, 1.54) is 12.0 Å². The number of rotatable bonds is 2. The van der Waals surface area contributed by atoms with Crippen molar-refractivity contribution < 1.29 is 4.74 Å². The number of hydrogen-bond donors (Lipinski definition) is 1. The normalized spacial score (nSPS) is 28.0. The van der Waals surface area contributed by atoms with Crippen molar-refractivity contribution in [1.29, 1.82) is 0 Å². The Bertz CT molecular complexity index is 386. The molecule has 2 heteroatoms. The Kier molecular flexibility index (Phi) is 2.70. The van der Waals surface area contributed by atoms with Crippen LogP contribution in [-0.4, -0.2) is 7.11 Å². The molecule has 0 heterocycles. The average Bonchev–Trinajstić information content (AvgIpc) is 2.55. The van der Waals surface area contributed by atoms with E-state index in [-0.39, 0.29) is 5.54 Å². The van der Waals surface area contributed by atoms with Crippen molar-refractivity contribution >= 4 is 0 Å². The van der Waals surface area contributed by atoms with E-state index >= 15 is 0 Å². The third-order valence-electron chi connectivity index (χ3n) is 3.69. The van der Waals surface area contributed by atoms with E-state index in [1.54, 1.807) is 7.11 Å². The molecule has 0 amide bonds. The second-order valence-electron chi connectivity index (χ2n) is 5.73. The van der Waals surface area contributed by atoms with Crippen LogP contribution in [0.3, 0.4) is 0 Å². The molecule has 0 radical (unpaired) electrons. The molecule has 1 saturated carbocycles. The molecule has 2 nitrogen and oxygen atoms in total. The topological polar surface area (TPSA) is 35.2 Å². The van der Waals surface area contributed by atoms with Gasteiger partial charge in [-0.1, -0.05) is 26.0 Å². The highest BCUT2D eigenvalue weighted by Crippen LogP contribution is 2.47. The molecule has 1 fully saturated rings. The molecular weight excluding hydrogens is 198 g/mol. The summed E-state index contributed by atoms with van der Waals surface area (Å²) < 4.78 is 5.26. The zero-order valence-corrected chi connectivity index (χ0v) is 10.4. The monoisotopic (exact) mass is 219 g/mol. The van der Waals surface area contributed by atoms with E-state index in [2.05, 4.69) is 26.0 Å². The first-order chi connectivity index (χ1) is 7.45. The minimum atomic E-state index is -0.169. The number of hydrogen-bond acceptors (Lipinski definition) is 2. The lowest BCUT2D eigenvalue weighted by molar-refractivity contribution is 0.338. The largest absolute Gasteiger partial charge is 0.497 e. The van der Waals surface area contributed by atoms with E-state index in [1.807, 2.05) is 12.1 Å². The van der Waals surface area contributed by atoms with Crippen molar-refractivity contribution in [3.63, 3.8) is 0 Å². The van der Waals surface area contributed by atoms with Gasteiger partial charge in [0.25, 0.3) is 0 Å². The highest BCUT2D eigenvalue weighted by Gasteiger charge is 2.41. The summed E-state index contributed by atoms with van der Waals surface area (Å²) in [5.74, 6) is 0.895. The number of nitrogens with two attached hydrogens (primary N) is 1. The Morgan fingerprint density at radius 1 is 1.25 bits per heavy atom. The summed E-state index contributed by atoms with van der Waals surface area (Å²) >= 11 is 0. The Hall–Kier alpha value is -1.02. The van der Waals surface area contributed by atoms with Gasteiger partial charge in [0.05, 0.1) is 7.11 Å². The lowest BCUT2D eigenvalue weighted by atomic mass is 9.84. The molecule has 1 aromatic carbocycles. The van der Waals surface area contributed by atoms with Gasteiger partial charge in [0.2, 0.25) is 0 Å². The van der Waals surface area contributed by atoms with E-state index in [9.17, 15) is 0 Å². The van der Waals surface area contributed by atoms with E-state index in [0.717, 1.165) is 18.6 Å². The van der Waals surface area contributed by atoms with Gasteiger partial charge in [0.1, 0.15) is 5.75 Å². The summed E-state index contributed by atoms with van der Waals surface area (Å²) in [7, 11) is 1.70. The van der Waals surface area contributed by atoms with Crippen LogP contribution in [0.4, 0.5) is 0 Å². The lowest BCUT2D eigenvalue weighted by Gasteiger charge is -2.27. The lowest BCUT2D eigenvalue weighted by Crippen LogP contribution is -2.34. The van der Waals surface area contributed by atoms with Gasteiger partial charge in [0.15, 0.2) is 0 Å². The summed E-state index contributed by atoms with van der Waals surface area (Å²) in [4.78, 5) is 0. The zero-order chi connectivity index (χ0) is 11.8. The molecule has 1 atom stereocenters. The van der Waals surface area contributed by atoms with Crippen molar-refractivity contribution in [1.82, 2.24) is 0 Å². The standard InChI is InChI=1S/C14H21NO/c1-13(2)7-8-14(15,10-13)11-5-4-6-12(9-11)16-3/h4-6,9H,7-8,10,15H2,1-3H3. The molecule has 2 N–H and O–H groups in total. The molecule has 1 aromatic rings. The minimum absolute atomic E-state index is 0.169. The third-order valence-corrected chi connectivity index (χ3v) is 3.69. The third kappa shape index (κ3) is 2.07. The van der Waals surface area contributed by atoms with Crippen LogP contribution in [0.2, 0.25) is 0 Å². The molecule has 1 aliphatic carbocycles. The van der Waals surface area contributed by atoms with Crippen LogP contribution < -0.4 is 10.5 Å². The van der Waals surface area contributed by atoms with Gasteiger partial charge in [-0.2, -0.15) is 0 Å². The van der Waals surface area contributed by atoms with Crippen molar-refractivity contribution in [2.75, 3.05) is 7.11 Å². The SMILES string of the molecule is COc1cccc(C2(N)CCC(C)(C)C2)c1. The van der Waals surface area contributed by atoms with Crippen molar-refractivity contribution in [2.24, 2.45) is 11.1 Å². The molecule has 0 saturated heterocycles. The highest BCUT2D eigenvalue weighted by atomic mass is 16.5. The first-order valence-corrected chi connectivity index (χ1v) is 5.89. The van der Waals surface area contributed by atoms with Crippen LogP contribution in [0, 0.1) is 5.41 Å². The summed E-state index contributed by atoms with van der Waals surface area (Å²) in [6.07, 6.45) is 3.31. The first kappa shape index (κ1) is 11.5.